The highest BCUT2D eigenvalue weighted by Gasteiger charge is 2.10. The van der Waals surface area contributed by atoms with Crippen molar-refractivity contribution in [2.45, 2.75) is 19.9 Å². The molecule has 1 heterocycles. The summed E-state index contributed by atoms with van der Waals surface area (Å²) in [6.07, 6.45) is 1.66. The smallest absolute Gasteiger partial charge is 0.165 e. The number of aromatic nitrogens is 2. The molecule has 2 aromatic carbocycles. The van der Waals surface area contributed by atoms with Crippen molar-refractivity contribution in [1.82, 2.24) is 9.97 Å². The minimum atomic E-state index is 0.262. The Morgan fingerprint density at radius 1 is 1.08 bits per heavy atom. The van der Waals surface area contributed by atoms with Gasteiger partial charge in [0.15, 0.2) is 11.6 Å². The third kappa shape index (κ3) is 3.78. The van der Waals surface area contributed by atoms with E-state index in [2.05, 4.69) is 41.8 Å². The van der Waals surface area contributed by atoms with Crippen LogP contribution in [0.15, 0.2) is 49.0 Å². The van der Waals surface area contributed by atoms with Crippen LogP contribution in [0.5, 0.6) is 5.75 Å². The average molecular weight is 335 g/mol. The molecule has 0 spiro atoms. The van der Waals surface area contributed by atoms with Crippen molar-refractivity contribution in [3.05, 3.63) is 54.9 Å². The molecule has 0 aliphatic rings. The second-order valence-electron chi connectivity index (χ2n) is 5.94. The zero-order chi connectivity index (χ0) is 17.8. The van der Waals surface area contributed by atoms with Gasteiger partial charge in [0.2, 0.25) is 0 Å². The fourth-order valence-electron chi connectivity index (χ4n) is 2.62. The molecule has 0 saturated carbocycles. The maximum atomic E-state index is 5.11. The predicted octanol–water partition coefficient (Wildman–Crippen LogP) is 4.70. The number of rotatable bonds is 6. The van der Waals surface area contributed by atoms with Gasteiger partial charge >= 0.3 is 0 Å². The third-order valence-electron chi connectivity index (χ3n) is 3.67. The molecule has 1 aromatic heterocycles. The van der Waals surface area contributed by atoms with E-state index < -0.39 is 0 Å². The van der Waals surface area contributed by atoms with Gasteiger partial charge in [0.05, 0.1) is 12.6 Å². The largest absolute Gasteiger partial charge is 0.367 e. The summed E-state index contributed by atoms with van der Waals surface area (Å²) in [6, 6.07) is 14.1. The normalized spacial score (nSPS) is 10.9. The van der Waals surface area contributed by atoms with Gasteiger partial charge in [-0.15, -0.1) is 0 Å². The Hall–Kier alpha value is -2.92. The van der Waals surface area contributed by atoms with Gasteiger partial charge < -0.3 is 10.2 Å². The Morgan fingerprint density at radius 2 is 1.88 bits per heavy atom. The Morgan fingerprint density at radius 3 is 2.60 bits per heavy atom. The fraction of sp³-hybridized carbons (Fsp3) is 0.200. The van der Waals surface area contributed by atoms with E-state index in [-0.39, 0.29) is 6.04 Å². The number of fused-ring (bicyclic) bond motifs is 1. The van der Waals surface area contributed by atoms with E-state index in [4.69, 9.17) is 9.78 Å². The molecule has 0 aliphatic heterocycles. The fourth-order valence-corrected chi connectivity index (χ4v) is 2.62. The number of hydrogen-bond donors (Lipinski definition) is 1. The monoisotopic (exact) mass is 335 g/mol. The lowest BCUT2D eigenvalue weighted by molar-refractivity contribution is -0.178. The van der Waals surface area contributed by atoms with Crippen molar-refractivity contribution in [1.29, 1.82) is 0 Å². The van der Waals surface area contributed by atoms with Crippen molar-refractivity contribution in [2.24, 2.45) is 0 Å². The average Bonchev–Trinajstić information content (AvgIpc) is 2.61. The molecule has 128 valence electrons. The van der Waals surface area contributed by atoms with Crippen LogP contribution in [0, 0.1) is 0 Å². The van der Waals surface area contributed by atoms with Crippen LogP contribution >= 0.6 is 0 Å². The summed E-state index contributed by atoms with van der Waals surface area (Å²) in [4.78, 5) is 18.9. The summed E-state index contributed by atoms with van der Waals surface area (Å²) in [5.41, 5.74) is 2.96. The molecule has 0 bridgehead atoms. The quantitative estimate of drug-likeness (QED) is 0.523. The summed E-state index contributed by atoms with van der Waals surface area (Å²) >= 11 is 0. The summed E-state index contributed by atoms with van der Waals surface area (Å²) < 4.78 is 0. The molecule has 0 aliphatic carbocycles. The first kappa shape index (κ1) is 16.9. The molecule has 0 saturated heterocycles. The standard InChI is InChI=1S/C20H21N3O2/c1-5-19-22-18-10-9-15(12-17(18)20(23-19)21-13(2)3)14-7-6-8-16(11-14)25-24-4/h5-13H,1H2,2-4H3,(H,21,22,23). The summed E-state index contributed by atoms with van der Waals surface area (Å²) in [5.74, 6) is 2.07. The van der Waals surface area contributed by atoms with Gasteiger partial charge in [-0.05, 0) is 55.3 Å². The zero-order valence-corrected chi connectivity index (χ0v) is 14.6. The summed E-state index contributed by atoms with van der Waals surface area (Å²) in [7, 11) is 1.49. The van der Waals surface area contributed by atoms with Crippen LogP contribution in [0.4, 0.5) is 5.82 Å². The van der Waals surface area contributed by atoms with Crippen LogP contribution in [-0.4, -0.2) is 23.1 Å². The SMILES string of the molecule is C=Cc1nc(NC(C)C)c2cc(-c3cccc(OOC)c3)ccc2n1. The molecule has 1 N–H and O–H groups in total. The van der Waals surface area contributed by atoms with Crippen molar-refractivity contribution in [3.63, 3.8) is 0 Å². The van der Waals surface area contributed by atoms with E-state index in [9.17, 15) is 0 Å². The van der Waals surface area contributed by atoms with Crippen molar-refractivity contribution < 1.29 is 9.78 Å². The molecule has 3 rings (SSSR count). The lowest BCUT2D eigenvalue weighted by atomic mass is 10.0. The number of nitrogens with zero attached hydrogens (tertiary/aromatic N) is 2. The van der Waals surface area contributed by atoms with E-state index in [0.29, 0.717) is 11.6 Å². The Bertz CT molecular complexity index is 907. The van der Waals surface area contributed by atoms with Gasteiger partial charge in [0, 0.05) is 11.4 Å². The Balaban J connectivity index is 2.12. The number of benzene rings is 2. The molecule has 3 aromatic rings. The topological polar surface area (TPSA) is 56.3 Å². The van der Waals surface area contributed by atoms with Crippen molar-refractivity contribution in [3.8, 4) is 16.9 Å². The highest BCUT2D eigenvalue weighted by molar-refractivity contribution is 5.93. The molecular weight excluding hydrogens is 314 g/mol. The predicted molar refractivity (Wildman–Crippen MR) is 101 cm³/mol. The minimum Gasteiger partial charge on any atom is -0.367 e. The van der Waals surface area contributed by atoms with Gasteiger partial charge in [-0.1, -0.05) is 24.8 Å². The molecule has 25 heavy (non-hydrogen) atoms. The molecular formula is C20H21N3O2. The molecule has 0 radical (unpaired) electrons. The van der Waals surface area contributed by atoms with Crippen LogP contribution in [0.3, 0.4) is 0 Å². The number of nitrogens with one attached hydrogen (secondary N) is 1. The maximum absolute atomic E-state index is 5.11. The van der Waals surface area contributed by atoms with E-state index in [1.165, 1.54) is 7.11 Å². The van der Waals surface area contributed by atoms with Crippen LogP contribution in [0.1, 0.15) is 19.7 Å². The van der Waals surface area contributed by atoms with Crippen molar-refractivity contribution >= 4 is 22.8 Å². The van der Waals surface area contributed by atoms with Crippen molar-refractivity contribution in [2.75, 3.05) is 12.4 Å². The molecule has 5 heteroatoms. The summed E-state index contributed by atoms with van der Waals surface area (Å²) in [5, 5.41) is 4.36. The minimum absolute atomic E-state index is 0.262. The first-order valence-electron chi connectivity index (χ1n) is 8.12. The van der Waals surface area contributed by atoms with Crippen LogP contribution < -0.4 is 10.2 Å². The Labute approximate surface area is 147 Å². The van der Waals surface area contributed by atoms with E-state index >= 15 is 0 Å². The van der Waals surface area contributed by atoms with E-state index in [0.717, 1.165) is 27.8 Å². The van der Waals surface area contributed by atoms with Crippen LogP contribution in [-0.2, 0) is 4.89 Å². The van der Waals surface area contributed by atoms with Gasteiger partial charge in [0.25, 0.3) is 0 Å². The second-order valence-corrected chi connectivity index (χ2v) is 5.94. The highest BCUT2D eigenvalue weighted by atomic mass is 17.2. The second kappa shape index (κ2) is 7.32. The first-order chi connectivity index (χ1) is 12.1. The van der Waals surface area contributed by atoms with E-state index in [1.807, 2.05) is 36.4 Å². The van der Waals surface area contributed by atoms with Gasteiger partial charge in [-0.3, -0.25) is 0 Å². The lowest BCUT2D eigenvalue weighted by Crippen LogP contribution is -2.12. The molecule has 0 fully saturated rings. The molecule has 0 amide bonds. The Kier molecular flexibility index (Phi) is 4.95. The van der Waals surface area contributed by atoms with Gasteiger partial charge in [-0.25, -0.2) is 9.97 Å². The number of hydrogen-bond acceptors (Lipinski definition) is 5. The van der Waals surface area contributed by atoms with Crippen LogP contribution in [0.2, 0.25) is 0 Å². The molecule has 0 unspecified atom stereocenters. The molecule has 0 atom stereocenters. The molecule has 5 nitrogen and oxygen atoms in total. The third-order valence-corrected chi connectivity index (χ3v) is 3.67. The maximum Gasteiger partial charge on any atom is 0.165 e. The van der Waals surface area contributed by atoms with Gasteiger partial charge in [-0.2, -0.15) is 4.89 Å². The summed E-state index contributed by atoms with van der Waals surface area (Å²) in [6.45, 7) is 7.93. The zero-order valence-electron chi connectivity index (χ0n) is 14.6. The van der Waals surface area contributed by atoms with E-state index in [1.54, 1.807) is 6.08 Å². The lowest BCUT2D eigenvalue weighted by Gasteiger charge is -2.13. The highest BCUT2D eigenvalue weighted by Crippen LogP contribution is 2.29. The van der Waals surface area contributed by atoms with Crippen LogP contribution in [0.25, 0.3) is 28.1 Å². The first-order valence-corrected chi connectivity index (χ1v) is 8.12. The number of anilines is 1. The van der Waals surface area contributed by atoms with Gasteiger partial charge in [0.1, 0.15) is 5.82 Å².